The summed E-state index contributed by atoms with van der Waals surface area (Å²) < 4.78 is 1.86. The molecule has 0 unspecified atom stereocenters. The van der Waals surface area contributed by atoms with E-state index in [2.05, 4.69) is 35.6 Å². The Morgan fingerprint density at radius 2 is 1.96 bits per heavy atom. The Kier molecular flexibility index (Phi) is 4.05. The normalized spacial score (nSPS) is 15.7. The van der Waals surface area contributed by atoms with Crippen molar-refractivity contribution < 1.29 is 4.79 Å². The average molecular weight is 376 g/mol. The third kappa shape index (κ3) is 2.77. The molecule has 1 fully saturated rings. The molecule has 2 aliphatic rings. The minimum absolute atomic E-state index is 0.0678. The van der Waals surface area contributed by atoms with Crippen molar-refractivity contribution in [1.82, 2.24) is 4.57 Å². The average Bonchev–Trinajstić information content (AvgIpc) is 3.41. The summed E-state index contributed by atoms with van der Waals surface area (Å²) in [6.45, 7) is 0.723. The molecule has 1 saturated carbocycles. The first-order valence-electron chi connectivity index (χ1n) is 9.37. The molecule has 0 saturated heterocycles. The van der Waals surface area contributed by atoms with E-state index in [9.17, 15) is 9.59 Å². The highest BCUT2D eigenvalue weighted by molar-refractivity contribution is 7.99. The standard InChI is InChI=1S/C22H20N2O2S/c25-13-23-20-18(12-16-6-3-5-14-4-1-2-7-17(14)16)19(15-8-9-15)22-24(21(20)26)10-11-27-22/h1-7,13,15H,8-12H2,(H,23,25). The van der Waals surface area contributed by atoms with E-state index >= 15 is 0 Å². The second-order valence-corrected chi connectivity index (χ2v) is 8.31. The molecule has 1 N–H and O–H groups in total. The molecule has 27 heavy (non-hydrogen) atoms. The summed E-state index contributed by atoms with van der Waals surface area (Å²) in [7, 11) is 0. The molecule has 2 aromatic carbocycles. The van der Waals surface area contributed by atoms with Crippen molar-refractivity contribution in [1.29, 1.82) is 0 Å². The van der Waals surface area contributed by atoms with Gasteiger partial charge in [-0.1, -0.05) is 42.5 Å². The Labute approximate surface area is 161 Å². The monoisotopic (exact) mass is 376 g/mol. The van der Waals surface area contributed by atoms with Crippen molar-refractivity contribution in [2.45, 2.75) is 36.8 Å². The number of amides is 1. The number of thioether (sulfide) groups is 1. The minimum atomic E-state index is -0.0678. The largest absolute Gasteiger partial charge is 0.324 e. The summed E-state index contributed by atoms with van der Waals surface area (Å²) in [6.07, 6.45) is 3.62. The lowest BCUT2D eigenvalue weighted by Gasteiger charge is -2.19. The maximum Gasteiger partial charge on any atom is 0.275 e. The van der Waals surface area contributed by atoms with Gasteiger partial charge in [0, 0.05) is 18.7 Å². The van der Waals surface area contributed by atoms with Gasteiger partial charge in [0.25, 0.3) is 5.56 Å². The maximum absolute atomic E-state index is 13.0. The first-order valence-corrected chi connectivity index (χ1v) is 10.4. The molecule has 5 rings (SSSR count). The summed E-state index contributed by atoms with van der Waals surface area (Å²) in [5, 5.41) is 6.26. The van der Waals surface area contributed by atoms with E-state index in [1.807, 2.05) is 16.7 Å². The number of carbonyl (C=O) groups is 1. The first-order chi connectivity index (χ1) is 13.3. The highest BCUT2D eigenvalue weighted by Crippen LogP contribution is 2.48. The summed E-state index contributed by atoms with van der Waals surface area (Å²) in [5.74, 6) is 1.43. The van der Waals surface area contributed by atoms with Crippen LogP contribution in [0.5, 0.6) is 0 Å². The van der Waals surface area contributed by atoms with Crippen LogP contribution in [-0.4, -0.2) is 16.7 Å². The number of hydrogen-bond donors (Lipinski definition) is 1. The molecule has 0 atom stereocenters. The zero-order valence-electron chi connectivity index (χ0n) is 14.9. The van der Waals surface area contributed by atoms with Gasteiger partial charge in [-0.05, 0) is 46.2 Å². The summed E-state index contributed by atoms with van der Waals surface area (Å²) >= 11 is 1.78. The van der Waals surface area contributed by atoms with Crippen LogP contribution in [0.25, 0.3) is 10.8 Å². The fourth-order valence-corrected chi connectivity index (χ4v) is 5.42. The van der Waals surface area contributed by atoms with Gasteiger partial charge in [-0.2, -0.15) is 0 Å². The lowest BCUT2D eigenvalue weighted by atomic mass is 9.93. The molecule has 1 amide bonds. The topological polar surface area (TPSA) is 51.1 Å². The Morgan fingerprint density at radius 1 is 1.15 bits per heavy atom. The number of anilines is 1. The third-order valence-electron chi connectivity index (χ3n) is 5.55. The zero-order valence-corrected chi connectivity index (χ0v) is 15.7. The molecule has 5 heteroatoms. The molecule has 3 aromatic rings. The Bertz CT molecular complexity index is 1110. The van der Waals surface area contributed by atoms with E-state index in [-0.39, 0.29) is 5.56 Å². The highest BCUT2D eigenvalue weighted by Gasteiger charge is 2.34. The molecule has 1 aliphatic heterocycles. The van der Waals surface area contributed by atoms with Gasteiger partial charge in [-0.3, -0.25) is 9.59 Å². The molecular formula is C22H20N2O2S. The number of fused-ring (bicyclic) bond motifs is 2. The molecule has 0 radical (unpaired) electrons. The number of carbonyl (C=O) groups excluding carboxylic acids is 1. The fourth-order valence-electron chi connectivity index (χ4n) is 4.18. The van der Waals surface area contributed by atoms with Gasteiger partial charge in [0.15, 0.2) is 0 Å². The lowest BCUT2D eigenvalue weighted by Crippen LogP contribution is -2.26. The van der Waals surface area contributed by atoms with Crippen LogP contribution in [0, 0.1) is 0 Å². The second-order valence-electron chi connectivity index (χ2n) is 7.23. The van der Waals surface area contributed by atoms with Crippen molar-refractivity contribution >= 4 is 34.6 Å². The fraction of sp³-hybridized carbons (Fsp3) is 0.273. The van der Waals surface area contributed by atoms with Gasteiger partial charge in [-0.25, -0.2) is 0 Å². The second kappa shape index (κ2) is 6.57. The van der Waals surface area contributed by atoms with Crippen LogP contribution in [0.3, 0.4) is 0 Å². The van der Waals surface area contributed by atoms with E-state index in [4.69, 9.17) is 0 Å². The highest BCUT2D eigenvalue weighted by atomic mass is 32.2. The quantitative estimate of drug-likeness (QED) is 0.681. The van der Waals surface area contributed by atoms with Crippen LogP contribution in [0.15, 0.2) is 52.3 Å². The molecule has 1 aromatic heterocycles. The smallest absolute Gasteiger partial charge is 0.275 e. The van der Waals surface area contributed by atoms with Crippen LogP contribution in [0.2, 0.25) is 0 Å². The molecule has 1 aliphatic carbocycles. The van der Waals surface area contributed by atoms with Crippen molar-refractivity contribution in [3.8, 4) is 0 Å². The third-order valence-corrected chi connectivity index (χ3v) is 6.65. The Morgan fingerprint density at radius 3 is 2.78 bits per heavy atom. The molecule has 0 bridgehead atoms. The number of rotatable bonds is 5. The first kappa shape index (κ1) is 16.6. The van der Waals surface area contributed by atoms with Gasteiger partial charge in [0.1, 0.15) is 5.69 Å². The van der Waals surface area contributed by atoms with Crippen molar-refractivity contribution in [2.75, 3.05) is 11.1 Å². The van der Waals surface area contributed by atoms with E-state index < -0.39 is 0 Å². The molecule has 2 heterocycles. The van der Waals surface area contributed by atoms with Crippen LogP contribution in [-0.2, 0) is 17.8 Å². The van der Waals surface area contributed by atoms with Gasteiger partial charge in [0.05, 0.1) is 5.03 Å². The molecule has 136 valence electrons. The van der Waals surface area contributed by atoms with Crippen LogP contribution in [0.1, 0.15) is 35.4 Å². The van der Waals surface area contributed by atoms with E-state index in [0.717, 1.165) is 35.7 Å². The number of benzene rings is 2. The number of pyridine rings is 1. The van der Waals surface area contributed by atoms with Gasteiger partial charge in [0.2, 0.25) is 6.41 Å². The van der Waals surface area contributed by atoms with E-state index in [1.54, 1.807) is 11.8 Å². The number of nitrogens with one attached hydrogen (secondary N) is 1. The molecular weight excluding hydrogens is 356 g/mol. The van der Waals surface area contributed by atoms with Crippen LogP contribution in [0.4, 0.5) is 5.69 Å². The summed E-state index contributed by atoms with van der Waals surface area (Å²) in [4.78, 5) is 24.3. The molecule has 0 spiro atoms. The maximum atomic E-state index is 13.0. The number of hydrogen-bond acceptors (Lipinski definition) is 3. The lowest BCUT2D eigenvalue weighted by molar-refractivity contribution is -0.105. The van der Waals surface area contributed by atoms with Crippen LogP contribution >= 0.6 is 11.8 Å². The van der Waals surface area contributed by atoms with Crippen LogP contribution < -0.4 is 10.9 Å². The SMILES string of the molecule is O=CNc1c(Cc2cccc3ccccc23)c(C2CC2)c2n(c1=O)CCS2. The zero-order chi connectivity index (χ0) is 18.4. The van der Waals surface area contributed by atoms with Crippen molar-refractivity contribution in [3.05, 3.63) is 69.5 Å². The van der Waals surface area contributed by atoms with Crippen molar-refractivity contribution in [3.63, 3.8) is 0 Å². The van der Waals surface area contributed by atoms with Gasteiger partial charge >= 0.3 is 0 Å². The van der Waals surface area contributed by atoms with Gasteiger partial charge < -0.3 is 9.88 Å². The predicted octanol–water partition coefficient (Wildman–Crippen LogP) is 4.14. The van der Waals surface area contributed by atoms with Crippen molar-refractivity contribution in [2.24, 2.45) is 0 Å². The number of nitrogens with zero attached hydrogens (tertiary/aromatic N) is 1. The molecule has 4 nitrogen and oxygen atoms in total. The minimum Gasteiger partial charge on any atom is -0.324 e. The van der Waals surface area contributed by atoms with E-state index in [0.29, 0.717) is 24.4 Å². The Balaban J connectivity index is 1.74. The van der Waals surface area contributed by atoms with Gasteiger partial charge in [-0.15, -0.1) is 11.8 Å². The summed E-state index contributed by atoms with van der Waals surface area (Å²) in [5.41, 5.74) is 3.88. The predicted molar refractivity (Wildman–Crippen MR) is 110 cm³/mol. The van der Waals surface area contributed by atoms with E-state index in [1.165, 1.54) is 21.9 Å². The summed E-state index contributed by atoms with van der Waals surface area (Å²) in [6, 6.07) is 14.6. The number of aromatic nitrogens is 1. The Hall–Kier alpha value is -2.53.